The summed E-state index contributed by atoms with van der Waals surface area (Å²) in [5.41, 5.74) is 1.96. The third-order valence-corrected chi connectivity index (χ3v) is 4.12. The molecular weight excluding hydrogens is 319 g/mol. The van der Waals surface area contributed by atoms with Crippen LogP contribution in [0, 0.1) is 5.82 Å². The lowest BCUT2D eigenvalue weighted by Gasteiger charge is -2.10. The van der Waals surface area contributed by atoms with E-state index >= 15 is 0 Å². The molecule has 0 spiro atoms. The highest BCUT2D eigenvalue weighted by Gasteiger charge is 2.29. The van der Waals surface area contributed by atoms with Gasteiger partial charge in [-0.3, -0.25) is 9.59 Å². The quantitative estimate of drug-likeness (QED) is 0.902. The molecular formula is C17H14ClFN2O2. The Morgan fingerprint density at radius 2 is 2.04 bits per heavy atom. The number of carbonyl (C=O) groups excluding carboxylic acids is 2. The summed E-state index contributed by atoms with van der Waals surface area (Å²) in [6.07, 6.45) is 0.480. The SMILES string of the molecule is O=C(NCC[C@@H]1C(=O)Nc2ccccc21)c1ccc(F)cc1Cl. The van der Waals surface area contributed by atoms with Gasteiger partial charge in [-0.2, -0.15) is 0 Å². The molecule has 0 unspecified atom stereocenters. The molecule has 0 aromatic heterocycles. The summed E-state index contributed by atoms with van der Waals surface area (Å²) in [5, 5.41) is 5.59. The third kappa shape index (κ3) is 3.19. The number of fused-ring (bicyclic) bond motifs is 1. The molecule has 23 heavy (non-hydrogen) atoms. The molecule has 3 rings (SSSR count). The highest BCUT2D eigenvalue weighted by Crippen LogP contribution is 2.33. The normalized spacial score (nSPS) is 15.9. The molecule has 1 heterocycles. The number of carbonyl (C=O) groups is 2. The Kier molecular flexibility index (Phi) is 4.30. The number of nitrogens with one attached hydrogen (secondary N) is 2. The second-order valence-electron chi connectivity index (χ2n) is 5.30. The van der Waals surface area contributed by atoms with E-state index in [9.17, 15) is 14.0 Å². The fraction of sp³-hybridized carbons (Fsp3) is 0.176. The van der Waals surface area contributed by atoms with Crippen LogP contribution in [0.15, 0.2) is 42.5 Å². The van der Waals surface area contributed by atoms with Crippen LogP contribution in [0.1, 0.15) is 28.3 Å². The minimum absolute atomic E-state index is 0.0615. The maximum absolute atomic E-state index is 13.0. The van der Waals surface area contributed by atoms with Crippen molar-refractivity contribution in [2.24, 2.45) is 0 Å². The van der Waals surface area contributed by atoms with Gasteiger partial charge in [0.2, 0.25) is 5.91 Å². The van der Waals surface area contributed by atoms with E-state index in [-0.39, 0.29) is 28.3 Å². The van der Waals surface area contributed by atoms with Gasteiger partial charge in [-0.1, -0.05) is 29.8 Å². The molecule has 1 aliphatic rings. The van der Waals surface area contributed by atoms with Crippen molar-refractivity contribution < 1.29 is 14.0 Å². The Bertz CT molecular complexity index is 779. The van der Waals surface area contributed by atoms with Gasteiger partial charge in [-0.15, -0.1) is 0 Å². The van der Waals surface area contributed by atoms with E-state index in [0.29, 0.717) is 13.0 Å². The molecule has 0 saturated carbocycles. The van der Waals surface area contributed by atoms with Gasteiger partial charge in [-0.05, 0) is 36.2 Å². The molecule has 6 heteroatoms. The number of halogens is 2. The lowest BCUT2D eigenvalue weighted by Crippen LogP contribution is -2.27. The fourth-order valence-electron chi connectivity index (χ4n) is 2.66. The first-order valence-corrected chi connectivity index (χ1v) is 7.57. The average molecular weight is 333 g/mol. The Labute approximate surface area is 137 Å². The molecule has 0 aliphatic carbocycles. The summed E-state index contributed by atoms with van der Waals surface area (Å²) in [5.74, 6) is -1.23. The highest BCUT2D eigenvalue weighted by atomic mass is 35.5. The molecule has 2 aromatic carbocycles. The van der Waals surface area contributed by atoms with Gasteiger partial charge in [0.1, 0.15) is 5.82 Å². The van der Waals surface area contributed by atoms with Crippen LogP contribution in [0.25, 0.3) is 0 Å². The van der Waals surface area contributed by atoms with Gasteiger partial charge in [0.15, 0.2) is 0 Å². The van der Waals surface area contributed by atoms with E-state index in [2.05, 4.69) is 10.6 Å². The predicted molar refractivity (Wildman–Crippen MR) is 86.2 cm³/mol. The number of benzene rings is 2. The van der Waals surface area contributed by atoms with Crippen LogP contribution in [0.4, 0.5) is 10.1 Å². The maximum Gasteiger partial charge on any atom is 0.252 e. The van der Waals surface area contributed by atoms with Gasteiger partial charge in [-0.25, -0.2) is 4.39 Å². The van der Waals surface area contributed by atoms with Crippen LogP contribution >= 0.6 is 11.6 Å². The average Bonchev–Trinajstić information content (AvgIpc) is 2.83. The third-order valence-electron chi connectivity index (χ3n) is 3.80. The molecule has 0 bridgehead atoms. The van der Waals surface area contributed by atoms with Gasteiger partial charge in [0.25, 0.3) is 5.91 Å². The number of para-hydroxylation sites is 1. The van der Waals surface area contributed by atoms with Gasteiger partial charge in [0.05, 0.1) is 16.5 Å². The van der Waals surface area contributed by atoms with E-state index in [1.165, 1.54) is 12.1 Å². The molecule has 0 radical (unpaired) electrons. The summed E-state index contributed by atoms with van der Waals surface area (Å²) in [4.78, 5) is 24.0. The first-order valence-electron chi connectivity index (χ1n) is 7.19. The number of anilines is 1. The predicted octanol–water partition coefficient (Wildman–Crippen LogP) is 3.33. The van der Waals surface area contributed by atoms with E-state index in [4.69, 9.17) is 11.6 Å². The van der Waals surface area contributed by atoms with Crippen LogP contribution in [0.3, 0.4) is 0 Å². The van der Waals surface area contributed by atoms with Crippen LogP contribution in [0.5, 0.6) is 0 Å². The number of rotatable bonds is 4. The summed E-state index contributed by atoms with van der Waals surface area (Å²) in [7, 11) is 0. The first-order chi connectivity index (χ1) is 11.1. The first kappa shape index (κ1) is 15.5. The Morgan fingerprint density at radius 1 is 1.26 bits per heavy atom. The van der Waals surface area contributed by atoms with Crippen molar-refractivity contribution in [3.63, 3.8) is 0 Å². The molecule has 4 nitrogen and oxygen atoms in total. The number of hydrogen-bond donors (Lipinski definition) is 2. The van der Waals surface area contributed by atoms with Crippen molar-refractivity contribution in [2.75, 3.05) is 11.9 Å². The molecule has 1 atom stereocenters. The minimum atomic E-state index is -0.495. The monoisotopic (exact) mass is 332 g/mol. The molecule has 2 amide bonds. The standard InChI is InChI=1S/C17H14ClFN2O2/c18-14-9-10(19)5-6-13(14)16(22)20-8-7-12-11-3-1-2-4-15(11)21-17(12)23/h1-6,9,12H,7-8H2,(H,20,22)(H,21,23)/t12-/m0/s1. The Hall–Kier alpha value is -2.40. The molecule has 2 N–H and O–H groups in total. The van der Waals surface area contributed by atoms with Gasteiger partial charge in [0, 0.05) is 12.2 Å². The van der Waals surface area contributed by atoms with Crippen molar-refractivity contribution in [1.29, 1.82) is 0 Å². The largest absolute Gasteiger partial charge is 0.352 e. The summed E-state index contributed by atoms with van der Waals surface area (Å²) >= 11 is 5.86. The van der Waals surface area contributed by atoms with Crippen LogP contribution in [0.2, 0.25) is 5.02 Å². The molecule has 0 fully saturated rings. The lowest BCUT2D eigenvalue weighted by atomic mass is 9.97. The second-order valence-corrected chi connectivity index (χ2v) is 5.71. The Balaban J connectivity index is 1.61. The fourth-order valence-corrected chi connectivity index (χ4v) is 2.91. The zero-order chi connectivity index (χ0) is 16.4. The number of amides is 2. The summed E-state index contributed by atoms with van der Waals surface area (Å²) in [6, 6.07) is 11.1. The van der Waals surface area contributed by atoms with Crippen molar-refractivity contribution >= 4 is 29.1 Å². The van der Waals surface area contributed by atoms with E-state index in [0.717, 1.165) is 17.3 Å². The molecule has 118 valence electrons. The summed E-state index contributed by atoms with van der Waals surface area (Å²) < 4.78 is 13.0. The maximum atomic E-state index is 13.0. The van der Waals surface area contributed by atoms with E-state index in [1.807, 2.05) is 24.3 Å². The molecule has 2 aromatic rings. The Morgan fingerprint density at radius 3 is 2.83 bits per heavy atom. The smallest absolute Gasteiger partial charge is 0.252 e. The summed E-state index contributed by atoms with van der Waals surface area (Å²) in [6.45, 7) is 0.318. The second kappa shape index (κ2) is 6.38. The van der Waals surface area contributed by atoms with Crippen molar-refractivity contribution in [1.82, 2.24) is 5.32 Å². The zero-order valence-corrected chi connectivity index (χ0v) is 12.9. The number of hydrogen-bond acceptors (Lipinski definition) is 2. The van der Waals surface area contributed by atoms with Crippen molar-refractivity contribution in [3.05, 3.63) is 64.4 Å². The zero-order valence-electron chi connectivity index (χ0n) is 12.1. The minimum Gasteiger partial charge on any atom is -0.352 e. The highest BCUT2D eigenvalue weighted by molar-refractivity contribution is 6.33. The van der Waals surface area contributed by atoms with Crippen molar-refractivity contribution in [3.8, 4) is 0 Å². The van der Waals surface area contributed by atoms with Crippen molar-refractivity contribution in [2.45, 2.75) is 12.3 Å². The van der Waals surface area contributed by atoms with E-state index in [1.54, 1.807) is 0 Å². The topological polar surface area (TPSA) is 58.2 Å². The molecule has 1 aliphatic heterocycles. The lowest BCUT2D eigenvalue weighted by molar-refractivity contribution is -0.117. The van der Waals surface area contributed by atoms with Crippen LogP contribution in [-0.4, -0.2) is 18.4 Å². The van der Waals surface area contributed by atoms with Gasteiger partial charge >= 0.3 is 0 Å². The molecule has 0 saturated heterocycles. The van der Waals surface area contributed by atoms with Crippen LogP contribution in [-0.2, 0) is 4.79 Å². The van der Waals surface area contributed by atoms with E-state index < -0.39 is 5.82 Å². The van der Waals surface area contributed by atoms with Crippen LogP contribution < -0.4 is 10.6 Å². The van der Waals surface area contributed by atoms with Gasteiger partial charge < -0.3 is 10.6 Å².